The molecule has 0 saturated carbocycles. The quantitative estimate of drug-likeness (QED) is 0.655. The summed E-state index contributed by atoms with van der Waals surface area (Å²) in [6, 6.07) is 6.14. The van der Waals surface area contributed by atoms with Crippen LogP contribution in [0.2, 0.25) is 10.3 Å². The maximum Gasteiger partial charge on any atom is 0.256 e. The Balaban J connectivity index is 2.19. The number of nitrogens with zero attached hydrogens (tertiary/aromatic N) is 2. The number of anilines is 2. The monoisotopic (exact) mass is 282 g/mol. The molecule has 1 heterocycles. The summed E-state index contributed by atoms with van der Waals surface area (Å²) in [6.07, 6.45) is 1.45. The highest BCUT2D eigenvalue weighted by Gasteiger charge is 2.08. The average molecular weight is 283 g/mol. The van der Waals surface area contributed by atoms with Gasteiger partial charge in [0.1, 0.15) is 5.82 Å². The van der Waals surface area contributed by atoms with Gasteiger partial charge in [-0.25, -0.2) is 9.97 Å². The van der Waals surface area contributed by atoms with Crippen molar-refractivity contribution in [3.05, 3.63) is 46.3 Å². The van der Waals surface area contributed by atoms with E-state index in [0.717, 1.165) is 0 Å². The molecule has 0 unspecified atom stereocenters. The molecule has 0 atom stereocenters. The van der Waals surface area contributed by atoms with Gasteiger partial charge in [0.25, 0.3) is 5.91 Å². The number of nitrogen functional groups attached to an aromatic ring is 1. The second kappa shape index (κ2) is 5.20. The predicted molar refractivity (Wildman–Crippen MR) is 70.9 cm³/mol. The van der Waals surface area contributed by atoms with Gasteiger partial charge in [-0.3, -0.25) is 4.79 Å². The summed E-state index contributed by atoms with van der Waals surface area (Å²) in [5.74, 6) is -0.0401. The maximum atomic E-state index is 11.9. The number of carbonyl (C=O) groups excluding carboxylic acids is 1. The van der Waals surface area contributed by atoms with Crippen LogP contribution in [0.15, 0.2) is 30.5 Å². The van der Waals surface area contributed by atoms with Crippen LogP contribution in [0.25, 0.3) is 0 Å². The molecule has 0 aliphatic rings. The fourth-order valence-corrected chi connectivity index (χ4v) is 1.54. The number of amides is 1. The first-order valence-corrected chi connectivity index (χ1v) is 5.67. The van der Waals surface area contributed by atoms with E-state index in [-0.39, 0.29) is 11.2 Å². The molecule has 0 saturated heterocycles. The minimum absolute atomic E-state index is 0.0587. The average Bonchev–Trinajstić information content (AvgIpc) is 2.32. The van der Waals surface area contributed by atoms with Crippen LogP contribution in [0.5, 0.6) is 0 Å². The van der Waals surface area contributed by atoms with Crippen molar-refractivity contribution in [3.8, 4) is 0 Å². The molecular formula is C11H8Cl2N4O. The van der Waals surface area contributed by atoms with Crippen molar-refractivity contribution in [3.63, 3.8) is 0 Å². The van der Waals surface area contributed by atoms with Gasteiger partial charge in [0.15, 0.2) is 0 Å². The van der Waals surface area contributed by atoms with Gasteiger partial charge < -0.3 is 11.1 Å². The normalized spacial score (nSPS) is 10.1. The summed E-state index contributed by atoms with van der Waals surface area (Å²) in [4.78, 5) is 19.4. The van der Waals surface area contributed by atoms with Crippen LogP contribution in [0.3, 0.4) is 0 Å². The van der Waals surface area contributed by atoms with E-state index < -0.39 is 0 Å². The number of rotatable bonds is 2. The molecule has 18 heavy (non-hydrogen) atoms. The van der Waals surface area contributed by atoms with E-state index >= 15 is 0 Å². The van der Waals surface area contributed by atoms with Gasteiger partial charge in [-0.2, -0.15) is 0 Å². The first-order valence-electron chi connectivity index (χ1n) is 4.91. The zero-order valence-corrected chi connectivity index (χ0v) is 10.5. The Labute approximate surface area is 113 Å². The van der Waals surface area contributed by atoms with E-state index in [2.05, 4.69) is 15.3 Å². The lowest BCUT2D eigenvalue weighted by molar-refractivity contribution is 0.102. The molecule has 92 valence electrons. The Morgan fingerprint density at radius 1 is 1.28 bits per heavy atom. The van der Waals surface area contributed by atoms with Gasteiger partial charge in [-0.1, -0.05) is 11.6 Å². The standard InChI is InChI=1S/C11H8Cl2N4O/c12-7-2-1-6(5-8(7)14)10(18)16-9-3-4-15-11(13)17-9/h1-5H,14H2,(H,15,16,17,18). The summed E-state index contributed by atoms with van der Waals surface area (Å²) in [5.41, 5.74) is 6.34. The van der Waals surface area contributed by atoms with Gasteiger partial charge >= 0.3 is 0 Å². The van der Waals surface area contributed by atoms with Crippen molar-refractivity contribution >= 4 is 40.6 Å². The van der Waals surface area contributed by atoms with Crippen molar-refractivity contribution in [2.75, 3.05) is 11.1 Å². The zero-order valence-electron chi connectivity index (χ0n) is 9.02. The van der Waals surface area contributed by atoms with Crippen molar-refractivity contribution in [1.29, 1.82) is 0 Å². The third-order valence-electron chi connectivity index (χ3n) is 2.13. The largest absolute Gasteiger partial charge is 0.398 e. The van der Waals surface area contributed by atoms with Crippen LogP contribution in [0, 0.1) is 0 Å². The number of hydrogen-bond acceptors (Lipinski definition) is 4. The number of aromatic nitrogens is 2. The molecule has 0 spiro atoms. The highest BCUT2D eigenvalue weighted by atomic mass is 35.5. The molecule has 2 rings (SSSR count). The molecule has 0 aliphatic heterocycles. The lowest BCUT2D eigenvalue weighted by Gasteiger charge is -2.05. The van der Waals surface area contributed by atoms with Gasteiger partial charge in [-0.05, 0) is 35.9 Å². The first kappa shape index (κ1) is 12.6. The van der Waals surface area contributed by atoms with E-state index in [1.165, 1.54) is 18.3 Å². The summed E-state index contributed by atoms with van der Waals surface area (Å²) in [7, 11) is 0. The Hall–Kier alpha value is -1.85. The first-order chi connectivity index (χ1) is 8.56. The van der Waals surface area contributed by atoms with E-state index in [9.17, 15) is 4.79 Å². The molecule has 0 fully saturated rings. The molecule has 3 N–H and O–H groups in total. The van der Waals surface area contributed by atoms with Crippen molar-refractivity contribution < 1.29 is 4.79 Å². The highest BCUT2D eigenvalue weighted by Crippen LogP contribution is 2.20. The predicted octanol–water partition coefficient (Wildman–Crippen LogP) is 2.62. The minimum atomic E-state index is -0.354. The molecule has 0 radical (unpaired) electrons. The van der Waals surface area contributed by atoms with Crippen LogP contribution < -0.4 is 11.1 Å². The Kier molecular flexibility index (Phi) is 3.64. The fourth-order valence-electron chi connectivity index (χ4n) is 1.28. The third-order valence-corrected chi connectivity index (χ3v) is 2.65. The van der Waals surface area contributed by atoms with Crippen LogP contribution >= 0.6 is 23.2 Å². The molecule has 1 aromatic heterocycles. The molecule has 5 nitrogen and oxygen atoms in total. The van der Waals surface area contributed by atoms with Crippen LogP contribution in [-0.2, 0) is 0 Å². The summed E-state index contributed by atoms with van der Waals surface area (Å²) in [5, 5.41) is 3.03. The second-order valence-corrected chi connectivity index (χ2v) is 4.15. The Bertz CT molecular complexity index is 603. The number of carbonyl (C=O) groups is 1. The van der Waals surface area contributed by atoms with E-state index in [4.69, 9.17) is 28.9 Å². The summed E-state index contributed by atoms with van der Waals surface area (Å²) < 4.78 is 0. The number of nitrogens with one attached hydrogen (secondary N) is 1. The van der Waals surface area contributed by atoms with E-state index in [1.54, 1.807) is 12.1 Å². The maximum absolute atomic E-state index is 11.9. The van der Waals surface area contributed by atoms with Crippen molar-refractivity contribution in [1.82, 2.24) is 9.97 Å². The van der Waals surface area contributed by atoms with E-state index in [0.29, 0.717) is 22.1 Å². The van der Waals surface area contributed by atoms with Gasteiger partial charge in [0.05, 0.1) is 10.7 Å². The molecular weight excluding hydrogens is 275 g/mol. The smallest absolute Gasteiger partial charge is 0.256 e. The summed E-state index contributed by atoms with van der Waals surface area (Å²) >= 11 is 11.4. The fraction of sp³-hybridized carbons (Fsp3) is 0. The molecule has 0 bridgehead atoms. The van der Waals surface area contributed by atoms with Crippen molar-refractivity contribution in [2.45, 2.75) is 0 Å². The third kappa shape index (κ3) is 2.88. The van der Waals surface area contributed by atoms with Gasteiger partial charge in [0, 0.05) is 11.8 Å². The van der Waals surface area contributed by atoms with Gasteiger partial charge in [0.2, 0.25) is 5.28 Å². The number of halogens is 2. The number of benzene rings is 1. The van der Waals surface area contributed by atoms with Crippen molar-refractivity contribution in [2.24, 2.45) is 0 Å². The Morgan fingerprint density at radius 3 is 2.72 bits per heavy atom. The van der Waals surface area contributed by atoms with Gasteiger partial charge in [-0.15, -0.1) is 0 Å². The van der Waals surface area contributed by atoms with Crippen LogP contribution in [-0.4, -0.2) is 15.9 Å². The number of nitrogens with two attached hydrogens (primary N) is 1. The molecule has 2 aromatic rings. The summed E-state index contributed by atoms with van der Waals surface area (Å²) in [6.45, 7) is 0. The molecule has 1 aromatic carbocycles. The molecule has 1 amide bonds. The SMILES string of the molecule is Nc1cc(C(=O)Nc2ccnc(Cl)n2)ccc1Cl. The minimum Gasteiger partial charge on any atom is -0.398 e. The second-order valence-electron chi connectivity index (χ2n) is 3.40. The molecule has 7 heteroatoms. The zero-order chi connectivity index (χ0) is 13.1. The molecule has 0 aliphatic carbocycles. The lowest BCUT2D eigenvalue weighted by atomic mass is 10.2. The number of hydrogen-bond donors (Lipinski definition) is 2. The highest BCUT2D eigenvalue weighted by molar-refractivity contribution is 6.33. The Morgan fingerprint density at radius 2 is 2.06 bits per heavy atom. The van der Waals surface area contributed by atoms with Crippen LogP contribution in [0.4, 0.5) is 11.5 Å². The van der Waals surface area contributed by atoms with Crippen LogP contribution in [0.1, 0.15) is 10.4 Å². The lowest BCUT2D eigenvalue weighted by Crippen LogP contribution is -2.13. The topological polar surface area (TPSA) is 80.9 Å². The van der Waals surface area contributed by atoms with E-state index in [1.807, 2.05) is 0 Å².